The number of amides is 4. The van der Waals surface area contributed by atoms with E-state index in [0.717, 1.165) is 5.56 Å². The third kappa shape index (κ3) is 9.61. The first kappa shape index (κ1) is 34.1. The molecule has 12 heteroatoms. The predicted molar refractivity (Wildman–Crippen MR) is 177 cm³/mol. The maximum absolute atomic E-state index is 14.8. The highest BCUT2D eigenvalue weighted by molar-refractivity contribution is 7.12. The lowest BCUT2D eigenvalue weighted by Gasteiger charge is -2.25. The average Bonchev–Trinajstić information content (AvgIpc) is 3.69. The number of fused-ring (bicyclic) bond motifs is 6. The Kier molecular flexibility index (Phi) is 11.6. The molecular weight excluding hydrogens is 623 g/mol. The van der Waals surface area contributed by atoms with Gasteiger partial charge in [-0.3, -0.25) is 19.2 Å². The van der Waals surface area contributed by atoms with Gasteiger partial charge in [-0.05, 0) is 59.0 Å². The second kappa shape index (κ2) is 16.0. The fourth-order valence-corrected chi connectivity index (χ4v) is 6.49. The van der Waals surface area contributed by atoms with Gasteiger partial charge in [0.15, 0.2) is 0 Å². The molecule has 10 nitrogen and oxygen atoms in total. The van der Waals surface area contributed by atoms with Crippen LogP contribution in [-0.2, 0) is 25.5 Å². The van der Waals surface area contributed by atoms with Crippen LogP contribution in [0.15, 0.2) is 60.0 Å². The van der Waals surface area contributed by atoms with Gasteiger partial charge in [-0.25, -0.2) is 4.39 Å². The molecule has 0 saturated carbocycles. The monoisotopic (exact) mass is 664 g/mol. The number of halogens is 1. The van der Waals surface area contributed by atoms with E-state index in [1.54, 1.807) is 22.4 Å². The number of nitrogens with zero attached hydrogens (tertiary/aromatic N) is 1. The maximum atomic E-state index is 14.8. The molecule has 0 unspecified atom stereocenters. The first-order valence-corrected chi connectivity index (χ1v) is 16.8. The number of nitrogens with one attached hydrogen (secondary N) is 3. The molecule has 3 atom stereocenters. The van der Waals surface area contributed by atoms with E-state index in [-0.39, 0.29) is 74.1 Å². The summed E-state index contributed by atoms with van der Waals surface area (Å²) in [7, 11) is 0. The van der Waals surface area contributed by atoms with Gasteiger partial charge in [0.1, 0.15) is 24.2 Å². The molecule has 2 aliphatic rings. The van der Waals surface area contributed by atoms with Crippen LogP contribution >= 0.6 is 11.3 Å². The van der Waals surface area contributed by atoms with Gasteiger partial charge in [0.2, 0.25) is 17.7 Å². The summed E-state index contributed by atoms with van der Waals surface area (Å²) in [5, 5.41) is 10.4. The summed E-state index contributed by atoms with van der Waals surface area (Å²) in [5.41, 5.74) is 2.04. The second-order valence-corrected chi connectivity index (χ2v) is 13.3. The zero-order chi connectivity index (χ0) is 33.3. The Morgan fingerprint density at radius 3 is 2.68 bits per heavy atom. The number of hydrogen-bond acceptors (Lipinski definition) is 7. The minimum absolute atomic E-state index is 0.0644. The van der Waals surface area contributed by atoms with Gasteiger partial charge in [-0.1, -0.05) is 44.2 Å². The number of hydrogen-bond donors (Lipinski definition) is 3. The molecule has 0 aliphatic carbocycles. The van der Waals surface area contributed by atoms with Crippen molar-refractivity contribution in [3.63, 3.8) is 0 Å². The Balaban J connectivity index is 1.34. The molecule has 3 aromatic rings. The maximum Gasteiger partial charge on any atom is 0.262 e. The normalized spacial score (nSPS) is 20.7. The van der Waals surface area contributed by atoms with E-state index >= 15 is 0 Å². The van der Waals surface area contributed by atoms with Crippen LogP contribution in [0.5, 0.6) is 5.75 Å². The van der Waals surface area contributed by atoms with Crippen molar-refractivity contribution in [3.05, 3.63) is 76.2 Å². The van der Waals surface area contributed by atoms with Gasteiger partial charge in [-0.2, -0.15) is 0 Å². The Hall–Kier alpha value is -4.29. The van der Waals surface area contributed by atoms with Crippen molar-refractivity contribution in [2.45, 2.75) is 57.7 Å². The highest BCUT2D eigenvalue weighted by atomic mass is 32.1. The third-order valence-electron chi connectivity index (χ3n) is 8.05. The van der Waals surface area contributed by atoms with Crippen molar-refractivity contribution in [2.75, 3.05) is 32.9 Å². The molecule has 3 heterocycles. The zero-order valence-electron chi connectivity index (χ0n) is 26.6. The first-order valence-electron chi connectivity index (χ1n) is 16.0. The van der Waals surface area contributed by atoms with Crippen molar-refractivity contribution in [2.24, 2.45) is 5.92 Å². The summed E-state index contributed by atoms with van der Waals surface area (Å²) in [6, 6.07) is 13.9. The predicted octanol–water partition coefficient (Wildman–Crippen LogP) is 3.94. The number of benzene rings is 2. The fraction of sp³-hybridized carbons (Fsp3) is 0.429. The first-order chi connectivity index (χ1) is 22.6. The van der Waals surface area contributed by atoms with Crippen molar-refractivity contribution < 1.29 is 33.0 Å². The summed E-state index contributed by atoms with van der Waals surface area (Å²) in [4.78, 5) is 54.5. The van der Waals surface area contributed by atoms with E-state index in [9.17, 15) is 23.6 Å². The van der Waals surface area contributed by atoms with E-state index in [2.05, 4.69) is 16.0 Å². The summed E-state index contributed by atoms with van der Waals surface area (Å²) in [5.74, 6) is -1.06. The van der Waals surface area contributed by atoms with Crippen LogP contribution in [-0.4, -0.2) is 79.6 Å². The number of carbonyl (C=O) groups is 4. The molecule has 2 aliphatic heterocycles. The van der Waals surface area contributed by atoms with E-state index in [1.807, 2.05) is 44.2 Å². The molecule has 1 fully saturated rings. The molecule has 47 heavy (non-hydrogen) atoms. The van der Waals surface area contributed by atoms with Gasteiger partial charge in [0, 0.05) is 38.2 Å². The molecule has 3 N–H and O–H groups in total. The lowest BCUT2D eigenvalue weighted by atomic mass is 10.1. The number of ether oxygens (including phenoxy) is 2. The second-order valence-electron chi connectivity index (χ2n) is 12.4. The van der Waals surface area contributed by atoms with Crippen LogP contribution in [0.1, 0.15) is 48.3 Å². The van der Waals surface area contributed by atoms with Gasteiger partial charge in [-0.15, -0.1) is 11.3 Å². The number of thiophene rings is 1. The quantitative estimate of drug-likeness (QED) is 0.367. The highest BCUT2D eigenvalue weighted by Gasteiger charge is 2.36. The molecule has 0 spiro atoms. The van der Waals surface area contributed by atoms with Gasteiger partial charge in [0.25, 0.3) is 5.91 Å². The highest BCUT2D eigenvalue weighted by Crippen LogP contribution is 2.30. The Labute approximate surface area is 278 Å². The van der Waals surface area contributed by atoms with Crippen molar-refractivity contribution in [1.29, 1.82) is 0 Å². The third-order valence-corrected chi connectivity index (χ3v) is 8.98. The van der Waals surface area contributed by atoms with Crippen LogP contribution in [0, 0.1) is 11.7 Å². The fourth-order valence-electron chi connectivity index (χ4n) is 5.67. The SMILES string of the molecule is CC(C)CNC(=O)[C@@H]1COCCCC(=O)N2C[C@@H](NC(=O)Cc3ccccc3)C[C@H]2COc2cc(F)cc(c2)-c2csc(c2)C(=O)N1. The van der Waals surface area contributed by atoms with Crippen LogP contribution < -0.4 is 20.7 Å². The van der Waals surface area contributed by atoms with E-state index < -0.39 is 17.8 Å². The Morgan fingerprint density at radius 1 is 1.09 bits per heavy atom. The molecular formula is C35H41FN4O6S. The van der Waals surface area contributed by atoms with Gasteiger partial charge in [0.05, 0.1) is 23.9 Å². The van der Waals surface area contributed by atoms with Gasteiger partial charge >= 0.3 is 0 Å². The molecule has 1 aromatic heterocycles. The van der Waals surface area contributed by atoms with E-state index in [1.165, 1.54) is 23.5 Å². The molecule has 2 aromatic carbocycles. The molecule has 4 bridgehead atoms. The summed E-state index contributed by atoms with van der Waals surface area (Å²) < 4.78 is 26.6. The number of rotatable bonds is 6. The summed E-state index contributed by atoms with van der Waals surface area (Å²) >= 11 is 1.19. The number of carbonyl (C=O) groups excluding carboxylic acids is 4. The minimum Gasteiger partial charge on any atom is -0.491 e. The molecule has 5 rings (SSSR count). The Bertz CT molecular complexity index is 1560. The van der Waals surface area contributed by atoms with Crippen molar-refractivity contribution in [3.8, 4) is 16.9 Å². The van der Waals surface area contributed by atoms with Crippen LogP contribution in [0.25, 0.3) is 11.1 Å². The lowest BCUT2D eigenvalue weighted by molar-refractivity contribution is -0.133. The Morgan fingerprint density at radius 2 is 1.89 bits per heavy atom. The standard InChI is InChI=1S/C35H41FN4O6S/c1-22(2)17-37-34(43)30-20-45-10-6-9-33(42)40-18-27(38-32(41)11-23-7-4-3-5-8-23)16-28(40)19-46-29-13-24(12-26(36)15-29)25-14-31(47-21-25)35(44)39-30/h3-5,7-8,12-15,21-22,27-28,30H,6,9-11,16-20H2,1-2H3,(H,37,43)(H,38,41)(H,39,44)/t27-,28-,30-/m0/s1. The smallest absolute Gasteiger partial charge is 0.262 e. The largest absolute Gasteiger partial charge is 0.491 e. The van der Waals surface area contributed by atoms with Gasteiger partial charge < -0.3 is 30.3 Å². The molecule has 4 amide bonds. The van der Waals surface area contributed by atoms with E-state index in [4.69, 9.17) is 9.47 Å². The summed E-state index contributed by atoms with van der Waals surface area (Å²) in [6.07, 6.45) is 1.29. The average molecular weight is 665 g/mol. The van der Waals surface area contributed by atoms with Crippen LogP contribution in [0.2, 0.25) is 0 Å². The topological polar surface area (TPSA) is 126 Å². The van der Waals surface area contributed by atoms with E-state index in [0.29, 0.717) is 41.9 Å². The molecule has 250 valence electrons. The van der Waals surface area contributed by atoms with Crippen molar-refractivity contribution >= 4 is 35.0 Å². The summed E-state index contributed by atoms with van der Waals surface area (Å²) in [6.45, 7) is 4.96. The zero-order valence-corrected chi connectivity index (χ0v) is 27.4. The van der Waals surface area contributed by atoms with Crippen LogP contribution in [0.3, 0.4) is 0 Å². The molecule has 0 radical (unpaired) electrons. The van der Waals surface area contributed by atoms with Crippen LogP contribution in [0.4, 0.5) is 4.39 Å². The minimum atomic E-state index is -0.943. The molecule has 1 saturated heterocycles. The van der Waals surface area contributed by atoms with Crippen molar-refractivity contribution in [1.82, 2.24) is 20.9 Å². The lowest BCUT2D eigenvalue weighted by Crippen LogP contribution is -2.50.